The van der Waals surface area contributed by atoms with Gasteiger partial charge in [0, 0.05) is 5.33 Å². The Bertz CT molecular complexity index is 95.0. The van der Waals surface area contributed by atoms with Crippen molar-refractivity contribution >= 4 is 37.8 Å². The monoisotopic (exact) mass is 257 g/mol. The van der Waals surface area contributed by atoms with Crippen molar-refractivity contribution in [2.75, 3.05) is 11.9 Å². The predicted octanol–water partition coefficient (Wildman–Crippen LogP) is 1.52. The molecule has 9 heavy (non-hydrogen) atoms. The Labute approximate surface area is 71.2 Å². The van der Waals surface area contributed by atoms with Crippen LogP contribution in [-0.2, 0) is 9.53 Å². The number of ether oxygens (including phenoxy) is 1. The fourth-order valence-corrected chi connectivity index (χ4v) is 0.651. The van der Waals surface area contributed by atoms with Crippen molar-refractivity contribution in [2.24, 2.45) is 0 Å². The van der Waals surface area contributed by atoms with Gasteiger partial charge >= 0.3 is 5.97 Å². The van der Waals surface area contributed by atoms with Crippen LogP contribution in [-0.4, -0.2) is 22.7 Å². The van der Waals surface area contributed by atoms with Crippen LogP contribution in [0.2, 0.25) is 0 Å². The molecular formula is C5H7Br2O2. The van der Waals surface area contributed by atoms with Gasteiger partial charge in [0.25, 0.3) is 0 Å². The zero-order valence-corrected chi connectivity index (χ0v) is 7.94. The van der Waals surface area contributed by atoms with Crippen LogP contribution in [0.1, 0.15) is 0 Å². The summed E-state index contributed by atoms with van der Waals surface area (Å²) in [6.07, 6.45) is 0. The molecule has 0 fully saturated rings. The SMILES string of the molecule is [CH2]COC(=O)C(Br)CBr. The first-order chi connectivity index (χ1) is 4.22. The molecule has 4 heteroatoms. The van der Waals surface area contributed by atoms with E-state index in [1.807, 2.05) is 0 Å². The quantitative estimate of drug-likeness (QED) is 0.567. The van der Waals surface area contributed by atoms with Gasteiger partial charge in [0.2, 0.25) is 0 Å². The van der Waals surface area contributed by atoms with Gasteiger partial charge in [-0.3, -0.25) is 4.79 Å². The Hall–Kier alpha value is 0.430. The van der Waals surface area contributed by atoms with Crippen molar-refractivity contribution in [1.82, 2.24) is 0 Å². The fourth-order valence-electron chi connectivity index (χ4n) is 0.254. The smallest absolute Gasteiger partial charge is 0.320 e. The second-order valence-electron chi connectivity index (χ2n) is 1.29. The van der Waals surface area contributed by atoms with E-state index < -0.39 is 0 Å². The summed E-state index contributed by atoms with van der Waals surface area (Å²) in [5.41, 5.74) is 0. The molecule has 0 saturated carbocycles. The highest BCUT2D eigenvalue weighted by Gasteiger charge is 2.12. The summed E-state index contributed by atoms with van der Waals surface area (Å²) in [5, 5.41) is 0.561. The number of rotatable bonds is 3. The van der Waals surface area contributed by atoms with E-state index in [1.54, 1.807) is 0 Å². The highest BCUT2D eigenvalue weighted by molar-refractivity contribution is 9.12. The number of hydrogen-bond donors (Lipinski definition) is 0. The maximum absolute atomic E-state index is 10.6. The second kappa shape index (κ2) is 5.23. The van der Waals surface area contributed by atoms with Gasteiger partial charge in [-0.25, -0.2) is 0 Å². The highest BCUT2D eigenvalue weighted by Crippen LogP contribution is 2.04. The molecule has 0 aromatic heterocycles. The Balaban J connectivity index is 3.46. The van der Waals surface area contributed by atoms with Gasteiger partial charge in [-0.15, -0.1) is 0 Å². The van der Waals surface area contributed by atoms with Crippen LogP contribution in [0.4, 0.5) is 0 Å². The van der Waals surface area contributed by atoms with Crippen LogP contribution in [0.15, 0.2) is 0 Å². The molecule has 0 heterocycles. The number of hydrogen-bond acceptors (Lipinski definition) is 2. The minimum atomic E-state index is -0.276. The van der Waals surface area contributed by atoms with Crippen molar-refractivity contribution < 1.29 is 9.53 Å². The molecule has 0 aliphatic heterocycles. The maximum Gasteiger partial charge on any atom is 0.320 e. The Morgan fingerprint density at radius 3 is 2.67 bits per heavy atom. The van der Waals surface area contributed by atoms with Crippen molar-refractivity contribution in [1.29, 1.82) is 0 Å². The fraction of sp³-hybridized carbons (Fsp3) is 0.600. The molecule has 0 aliphatic carbocycles. The summed E-state index contributed by atoms with van der Waals surface area (Å²) >= 11 is 6.21. The van der Waals surface area contributed by atoms with E-state index in [4.69, 9.17) is 0 Å². The van der Waals surface area contributed by atoms with E-state index in [2.05, 4.69) is 43.5 Å². The number of carbonyl (C=O) groups excluding carboxylic acids is 1. The van der Waals surface area contributed by atoms with Crippen LogP contribution in [0.5, 0.6) is 0 Å². The topological polar surface area (TPSA) is 26.3 Å². The zero-order chi connectivity index (χ0) is 7.28. The molecule has 0 aliphatic rings. The summed E-state index contributed by atoms with van der Waals surface area (Å²) in [6, 6.07) is 0. The first-order valence-electron chi connectivity index (χ1n) is 2.38. The maximum atomic E-state index is 10.6. The lowest BCUT2D eigenvalue weighted by Crippen LogP contribution is -2.18. The number of alkyl halides is 2. The van der Waals surface area contributed by atoms with Crippen LogP contribution in [0.3, 0.4) is 0 Å². The van der Waals surface area contributed by atoms with E-state index in [1.165, 1.54) is 0 Å². The van der Waals surface area contributed by atoms with Crippen molar-refractivity contribution in [3.63, 3.8) is 0 Å². The van der Waals surface area contributed by atoms with Crippen LogP contribution in [0.25, 0.3) is 0 Å². The normalized spacial score (nSPS) is 12.8. The summed E-state index contributed by atoms with van der Waals surface area (Å²) in [6.45, 7) is 3.55. The third kappa shape index (κ3) is 3.92. The van der Waals surface area contributed by atoms with E-state index in [0.717, 1.165) is 0 Å². The summed E-state index contributed by atoms with van der Waals surface area (Å²) < 4.78 is 4.57. The van der Waals surface area contributed by atoms with Crippen molar-refractivity contribution in [2.45, 2.75) is 4.83 Å². The minimum Gasteiger partial charge on any atom is -0.465 e. The standard InChI is InChI=1S/C5H7Br2O2/c1-2-9-5(8)4(7)3-6/h4H,1-3H2. The van der Waals surface area contributed by atoms with E-state index in [0.29, 0.717) is 5.33 Å². The van der Waals surface area contributed by atoms with E-state index >= 15 is 0 Å². The van der Waals surface area contributed by atoms with Crippen molar-refractivity contribution in [3.05, 3.63) is 6.92 Å². The molecule has 1 atom stereocenters. The lowest BCUT2D eigenvalue weighted by molar-refractivity contribution is -0.141. The molecule has 53 valence electrons. The molecule has 0 aromatic carbocycles. The van der Waals surface area contributed by atoms with Crippen LogP contribution < -0.4 is 0 Å². The summed E-state index contributed by atoms with van der Waals surface area (Å²) in [7, 11) is 0. The summed E-state index contributed by atoms with van der Waals surface area (Å²) in [5.74, 6) is -0.276. The van der Waals surface area contributed by atoms with E-state index in [-0.39, 0.29) is 17.4 Å². The lowest BCUT2D eigenvalue weighted by atomic mass is 10.5. The third-order valence-electron chi connectivity index (χ3n) is 0.636. The molecule has 0 rings (SSSR count). The largest absolute Gasteiger partial charge is 0.465 e. The van der Waals surface area contributed by atoms with Gasteiger partial charge in [-0.1, -0.05) is 31.9 Å². The van der Waals surface area contributed by atoms with Crippen LogP contribution >= 0.6 is 31.9 Å². The van der Waals surface area contributed by atoms with Gasteiger partial charge in [-0.2, -0.15) is 0 Å². The molecule has 0 aromatic rings. The molecule has 1 radical (unpaired) electrons. The molecular weight excluding hydrogens is 252 g/mol. The van der Waals surface area contributed by atoms with Gasteiger partial charge in [0.1, 0.15) is 4.83 Å². The Kier molecular flexibility index (Phi) is 5.48. The average molecular weight is 259 g/mol. The van der Waals surface area contributed by atoms with Gasteiger partial charge in [0.05, 0.1) is 6.61 Å². The van der Waals surface area contributed by atoms with Gasteiger partial charge < -0.3 is 4.74 Å². The highest BCUT2D eigenvalue weighted by atomic mass is 79.9. The van der Waals surface area contributed by atoms with Gasteiger partial charge in [-0.05, 0) is 6.92 Å². The van der Waals surface area contributed by atoms with Crippen molar-refractivity contribution in [3.8, 4) is 0 Å². The minimum absolute atomic E-state index is 0.188. The molecule has 0 amide bonds. The predicted molar refractivity (Wildman–Crippen MR) is 42.8 cm³/mol. The third-order valence-corrected chi connectivity index (χ3v) is 2.85. The second-order valence-corrected chi connectivity index (χ2v) is 3.04. The van der Waals surface area contributed by atoms with E-state index in [9.17, 15) is 4.79 Å². The zero-order valence-electron chi connectivity index (χ0n) is 4.77. The van der Waals surface area contributed by atoms with Crippen LogP contribution in [0, 0.1) is 6.92 Å². The number of halogens is 2. The summed E-state index contributed by atoms with van der Waals surface area (Å²) in [4.78, 5) is 10.4. The first kappa shape index (κ1) is 9.43. The van der Waals surface area contributed by atoms with Gasteiger partial charge in [0.15, 0.2) is 0 Å². The molecule has 0 saturated heterocycles. The molecule has 0 bridgehead atoms. The molecule has 0 spiro atoms. The molecule has 0 N–H and O–H groups in total. The lowest BCUT2D eigenvalue weighted by Gasteiger charge is -2.03. The molecule has 2 nitrogen and oxygen atoms in total. The Morgan fingerprint density at radius 2 is 2.33 bits per heavy atom. The molecule has 1 unspecified atom stereocenters. The number of carbonyl (C=O) groups is 1. The average Bonchev–Trinajstić information content (AvgIpc) is 1.87. The Morgan fingerprint density at radius 1 is 1.78 bits per heavy atom. The number of esters is 1. The first-order valence-corrected chi connectivity index (χ1v) is 4.42.